The molecule has 0 heterocycles. The van der Waals surface area contributed by atoms with Gasteiger partial charge >= 0.3 is 35.8 Å². The van der Waals surface area contributed by atoms with Crippen LogP contribution in [0.15, 0.2) is 146 Å². The fourth-order valence-electron chi connectivity index (χ4n) is 5.94. The van der Waals surface area contributed by atoms with Crippen LogP contribution in [0.25, 0.3) is 0 Å². The zero-order valence-corrected chi connectivity index (χ0v) is 33.0. The zero-order chi connectivity index (χ0) is 47.1. The van der Waals surface area contributed by atoms with Crippen LogP contribution in [0, 0.1) is 34.9 Å². The highest BCUT2D eigenvalue weighted by Crippen LogP contribution is 2.36. The van der Waals surface area contributed by atoms with E-state index in [0.29, 0.717) is 0 Å². The molecule has 0 fully saturated rings. The van der Waals surface area contributed by atoms with E-state index in [1.54, 1.807) is 0 Å². The van der Waals surface area contributed by atoms with Gasteiger partial charge in [0.25, 0.3) is 0 Å². The zero-order valence-electron chi connectivity index (χ0n) is 33.0. The Bertz CT molecular complexity index is 2450. The molecule has 0 bridgehead atoms. The van der Waals surface area contributed by atoms with Gasteiger partial charge in [-0.05, 0) is 146 Å². The second-order valence-corrected chi connectivity index (χ2v) is 13.3. The molecule has 330 valence electrons. The number of hydrogen-bond donors (Lipinski definition) is 0. The first-order valence-corrected chi connectivity index (χ1v) is 18.7. The van der Waals surface area contributed by atoms with Crippen molar-refractivity contribution in [2.24, 2.45) is 0 Å². The summed E-state index contributed by atoms with van der Waals surface area (Å²) in [6, 6.07) is 21.0. The average molecular weight is 907 g/mol. The Hall–Kier alpha value is -9.06. The third-order valence-corrected chi connectivity index (χ3v) is 8.87. The predicted octanol–water partition coefficient (Wildman–Crippen LogP) is 9.84. The molecule has 0 unspecified atom stereocenters. The molecule has 18 heteroatoms. The van der Waals surface area contributed by atoms with Crippen LogP contribution in [-0.2, 0) is 0 Å². The van der Waals surface area contributed by atoms with E-state index in [9.17, 15) is 55.1 Å². The first-order valence-electron chi connectivity index (χ1n) is 18.7. The molecule has 0 saturated carbocycles. The van der Waals surface area contributed by atoms with Crippen LogP contribution in [0.1, 0.15) is 62.1 Å². The fraction of sp³-hybridized carbons (Fsp3) is 0. The maximum absolute atomic E-state index is 14.7. The number of rotatable bonds is 12. The summed E-state index contributed by atoms with van der Waals surface area (Å²) in [4.78, 5) is 88.3. The molecular weight excluding hydrogens is 883 g/mol. The summed E-state index contributed by atoms with van der Waals surface area (Å²) in [6.07, 6.45) is 0. The number of carbonyl (C=O) groups is 6. The molecule has 7 aromatic rings. The van der Waals surface area contributed by atoms with Crippen molar-refractivity contribution in [3.05, 3.63) is 214 Å². The van der Waals surface area contributed by atoms with Gasteiger partial charge in [-0.3, -0.25) is 0 Å². The maximum Gasteiger partial charge on any atom is 0.345 e. The molecule has 0 amide bonds. The van der Waals surface area contributed by atoms with Crippen LogP contribution in [0.4, 0.5) is 26.3 Å². The van der Waals surface area contributed by atoms with E-state index in [-0.39, 0.29) is 0 Å². The summed E-state index contributed by atoms with van der Waals surface area (Å²) in [6.45, 7) is 0. The smallest absolute Gasteiger partial charge is 0.345 e. The number of ether oxygens (including phenoxy) is 6. The van der Waals surface area contributed by atoms with Gasteiger partial charge in [0.15, 0.2) is 0 Å². The Morgan fingerprint density at radius 1 is 0.212 bits per heavy atom. The third kappa shape index (κ3) is 10.6. The molecule has 0 aromatic heterocycles. The van der Waals surface area contributed by atoms with Crippen molar-refractivity contribution in [3.63, 3.8) is 0 Å². The summed E-state index contributed by atoms with van der Waals surface area (Å²) in [7, 11) is 0. The molecule has 0 atom stereocenters. The Balaban J connectivity index is 1.61. The molecular formula is C48H24F6O12. The first-order chi connectivity index (χ1) is 31.6. The summed E-state index contributed by atoms with van der Waals surface area (Å²) in [5.41, 5.74) is -8.45. The molecule has 0 radical (unpaired) electrons. The Kier molecular flexibility index (Phi) is 13.3. The SMILES string of the molecule is O=C(Oc1ccc(F)cc1)c1c(C(=O)Oc2ccc(F)cc2)c(C(=O)Oc2ccc(F)cc2)c(C(=O)Oc2ccc(F)cc2)c(C(=O)Oc2ccc(F)cc2)c1C(=O)Oc1ccc(F)cc1. The largest absolute Gasteiger partial charge is 0.423 e. The average Bonchev–Trinajstić information content (AvgIpc) is 3.29. The van der Waals surface area contributed by atoms with Crippen molar-refractivity contribution in [3.8, 4) is 34.5 Å². The van der Waals surface area contributed by atoms with E-state index in [1.165, 1.54) is 0 Å². The van der Waals surface area contributed by atoms with E-state index < -0.39 is 139 Å². The molecule has 0 spiro atoms. The minimum Gasteiger partial charge on any atom is -0.423 e. The van der Waals surface area contributed by atoms with Gasteiger partial charge in [-0.2, -0.15) is 0 Å². The third-order valence-electron chi connectivity index (χ3n) is 8.87. The van der Waals surface area contributed by atoms with Crippen molar-refractivity contribution in [2.45, 2.75) is 0 Å². The van der Waals surface area contributed by atoms with Crippen molar-refractivity contribution in [2.75, 3.05) is 0 Å². The molecule has 66 heavy (non-hydrogen) atoms. The minimum absolute atomic E-state index is 0.484. The Morgan fingerprint density at radius 3 is 0.424 bits per heavy atom. The Labute approximate surface area is 367 Å². The molecule has 7 rings (SSSR count). The van der Waals surface area contributed by atoms with E-state index in [0.717, 1.165) is 146 Å². The van der Waals surface area contributed by atoms with E-state index in [2.05, 4.69) is 0 Å². The van der Waals surface area contributed by atoms with Crippen LogP contribution in [0.5, 0.6) is 34.5 Å². The minimum atomic E-state index is -1.82. The number of hydrogen-bond acceptors (Lipinski definition) is 12. The van der Waals surface area contributed by atoms with Gasteiger partial charge in [0.2, 0.25) is 0 Å². The lowest BCUT2D eigenvalue weighted by molar-refractivity contribution is 0.0635. The molecule has 7 aromatic carbocycles. The summed E-state index contributed by atoms with van der Waals surface area (Å²) in [5, 5.41) is 0. The second-order valence-electron chi connectivity index (χ2n) is 13.3. The lowest BCUT2D eigenvalue weighted by Crippen LogP contribution is -2.34. The van der Waals surface area contributed by atoms with Crippen molar-refractivity contribution in [1.29, 1.82) is 0 Å². The highest BCUT2D eigenvalue weighted by atomic mass is 19.1. The van der Waals surface area contributed by atoms with Crippen molar-refractivity contribution in [1.82, 2.24) is 0 Å². The van der Waals surface area contributed by atoms with Crippen molar-refractivity contribution >= 4 is 35.8 Å². The Morgan fingerprint density at radius 2 is 0.318 bits per heavy atom. The highest BCUT2D eigenvalue weighted by molar-refractivity contribution is 6.25. The highest BCUT2D eigenvalue weighted by Gasteiger charge is 2.44. The first kappa shape index (κ1) is 45.0. The van der Waals surface area contributed by atoms with Gasteiger partial charge in [-0.1, -0.05) is 0 Å². The van der Waals surface area contributed by atoms with Crippen LogP contribution in [0.2, 0.25) is 0 Å². The molecule has 0 aliphatic heterocycles. The van der Waals surface area contributed by atoms with Gasteiger partial charge in [-0.15, -0.1) is 0 Å². The van der Waals surface area contributed by atoms with Gasteiger partial charge in [0, 0.05) is 0 Å². The molecule has 0 aliphatic carbocycles. The predicted molar refractivity (Wildman–Crippen MR) is 215 cm³/mol. The maximum atomic E-state index is 14.7. The van der Waals surface area contributed by atoms with Gasteiger partial charge in [0.05, 0.1) is 33.4 Å². The van der Waals surface area contributed by atoms with E-state index >= 15 is 0 Å². The number of esters is 6. The van der Waals surface area contributed by atoms with Crippen LogP contribution in [-0.4, -0.2) is 35.8 Å². The molecule has 0 N–H and O–H groups in total. The van der Waals surface area contributed by atoms with Crippen LogP contribution < -0.4 is 28.4 Å². The number of benzene rings is 7. The molecule has 12 nitrogen and oxygen atoms in total. The monoisotopic (exact) mass is 906 g/mol. The summed E-state index contributed by atoms with van der Waals surface area (Å²) in [5.74, 6) is -18.7. The quantitative estimate of drug-likeness (QED) is 0.0650. The number of carbonyl (C=O) groups excluding carboxylic acids is 6. The van der Waals surface area contributed by atoms with Crippen LogP contribution >= 0.6 is 0 Å². The topological polar surface area (TPSA) is 158 Å². The standard InChI is InChI=1S/C48H24F6O12/c49-25-1-13-31(14-2-25)61-43(55)37-38(44(56)62-32-15-3-26(50)4-16-32)40(46(58)64-34-19-7-28(52)8-20-34)42(48(60)66-36-23-11-30(54)12-24-36)41(47(59)65-35-21-9-29(53)10-22-35)39(37)45(57)63-33-17-5-27(51)6-18-33/h1-24H. The van der Waals surface area contributed by atoms with Crippen molar-refractivity contribution < 1.29 is 83.5 Å². The summed E-state index contributed by atoms with van der Waals surface area (Å²) >= 11 is 0. The lowest BCUT2D eigenvalue weighted by Gasteiger charge is -2.22. The van der Waals surface area contributed by atoms with E-state index in [1.807, 2.05) is 0 Å². The summed E-state index contributed by atoms with van der Waals surface area (Å²) < 4.78 is 117. The van der Waals surface area contributed by atoms with Gasteiger partial charge < -0.3 is 28.4 Å². The molecule has 0 aliphatic rings. The molecule has 0 saturated heterocycles. The second kappa shape index (κ2) is 19.5. The number of halogens is 6. The van der Waals surface area contributed by atoms with Gasteiger partial charge in [0.1, 0.15) is 69.4 Å². The van der Waals surface area contributed by atoms with Crippen LogP contribution in [0.3, 0.4) is 0 Å². The normalized spacial score (nSPS) is 10.6. The van der Waals surface area contributed by atoms with E-state index in [4.69, 9.17) is 28.4 Å². The van der Waals surface area contributed by atoms with Gasteiger partial charge in [-0.25, -0.2) is 55.1 Å². The fourth-order valence-corrected chi connectivity index (χ4v) is 5.94. The lowest BCUT2D eigenvalue weighted by atomic mass is 9.85.